The van der Waals surface area contributed by atoms with Crippen LogP contribution in [0, 0.1) is 18.6 Å². The minimum Gasteiger partial charge on any atom is -0.395 e. The van der Waals surface area contributed by atoms with Crippen LogP contribution in [0.5, 0.6) is 0 Å². The van der Waals surface area contributed by atoms with E-state index in [0.29, 0.717) is 6.54 Å². The van der Waals surface area contributed by atoms with Crippen LogP contribution in [0.15, 0.2) is 17.5 Å². The number of anilines is 2. The molecule has 0 fully saturated rings. The van der Waals surface area contributed by atoms with Gasteiger partial charge >= 0.3 is 0 Å². The molecule has 0 saturated carbocycles. The van der Waals surface area contributed by atoms with Crippen LogP contribution in [0.4, 0.5) is 20.2 Å². The molecule has 0 radical (unpaired) electrons. The van der Waals surface area contributed by atoms with Crippen molar-refractivity contribution in [1.29, 1.82) is 0 Å². The van der Waals surface area contributed by atoms with Crippen molar-refractivity contribution >= 4 is 22.7 Å². The lowest BCUT2D eigenvalue weighted by Gasteiger charge is -2.08. The zero-order valence-corrected chi connectivity index (χ0v) is 9.94. The van der Waals surface area contributed by atoms with Gasteiger partial charge in [0, 0.05) is 17.1 Å². The molecule has 1 aromatic carbocycles. The zero-order valence-electron chi connectivity index (χ0n) is 9.13. The molecule has 0 bridgehead atoms. The second kappa shape index (κ2) is 4.67. The number of nitrogens with two attached hydrogens (primary N) is 1. The Hall–Kier alpha value is -1.69. The average Bonchev–Trinajstić information content (AvgIpc) is 2.67. The maximum Gasteiger partial charge on any atom is 0.151 e. The average molecular weight is 255 g/mol. The van der Waals surface area contributed by atoms with Crippen molar-refractivity contribution in [3.63, 3.8) is 0 Å². The van der Waals surface area contributed by atoms with Crippen molar-refractivity contribution in [1.82, 2.24) is 4.98 Å². The van der Waals surface area contributed by atoms with E-state index in [1.807, 2.05) is 12.3 Å². The molecular weight excluding hydrogens is 244 g/mol. The number of thiazole rings is 1. The van der Waals surface area contributed by atoms with Gasteiger partial charge in [0.1, 0.15) is 10.8 Å². The Bertz CT molecular complexity index is 540. The molecule has 0 aliphatic rings. The molecule has 17 heavy (non-hydrogen) atoms. The Labute approximate surface area is 101 Å². The summed E-state index contributed by atoms with van der Waals surface area (Å²) in [5.41, 5.74) is 6.58. The number of rotatable bonds is 3. The summed E-state index contributed by atoms with van der Waals surface area (Å²) in [7, 11) is 0. The largest absolute Gasteiger partial charge is 0.395 e. The molecule has 3 N–H and O–H groups in total. The Morgan fingerprint density at radius 1 is 1.41 bits per heavy atom. The molecular formula is C11H11F2N3S. The molecule has 2 aromatic rings. The van der Waals surface area contributed by atoms with Gasteiger partial charge in [0.15, 0.2) is 5.82 Å². The van der Waals surface area contributed by atoms with Crippen LogP contribution in [-0.4, -0.2) is 4.98 Å². The van der Waals surface area contributed by atoms with E-state index in [0.717, 1.165) is 16.8 Å². The predicted octanol–water partition coefficient (Wildman–Crippen LogP) is 2.92. The number of aryl methyl sites for hydroxylation is 1. The van der Waals surface area contributed by atoms with Gasteiger partial charge in [-0.1, -0.05) is 0 Å². The SMILES string of the molecule is Cc1csc(CNc2cc(F)cc(F)c2N)n1. The Kier molecular flexibility index (Phi) is 3.23. The molecule has 6 heteroatoms. The maximum atomic E-state index is 13.2. The minimum absolute atomic E-state index is 0.0836. The van der Waals surface area contributed by atoms with Crippen LogP contribution in [0.1, 0.15) is 10.7 Å². The lowest BCUT2D eigenvalue weighted by atomic mass is 10.2. The van der Waals surface area contributed by atoms with E-state index in [9.17, 15) is 8.78 Å². The highest BCUT2D eigenvalue weighted by Crippen LogP contribution is 2.24. The summed E-state index contributed by atoms with van der Waals surface area (Å²) in [6, 6.07) is 1.92. The summed E-state index contributed by atoms with van der Waals surface area (Å²) in [4.78, 5) is 4.23. The van der Waals surface area contributed by atoms with Crippen LogP contribution in [0.3, 0.4) is 0 Å². The normalized spacial score (nSPS) is 10.5. The molecule has 0 aliphatic carbocycles. The van der Waals surface area contributed by atoms with Gasteiger partial charge in [0.2, 0.25) is 0 Å². The number of benzene rings is 1. The Morgan fingerprint density at radius 3 is 2.82 bits per heavy atom. The summed E-state index contributed by atoms with van der Waals surface area (Å²) in [6.07, 6.45) is 0. The van der Waals surface area contributed by atoms with Gasteiger partial charge in [-0.15, -0.1) is 11.3 Å². The molecule has 0 aliphatic heterocycles. The van der Waals surface area contributed by atoms with Crippen LogP contribution >= 0.6 is 11.3 Å². The van der Waals surface area contributed by atoms with Crippen molar-refractivity contribution in [2.24, 2.45) is 0 Å². The summed E-state index contributed by atoms with van der Waals surface area (Å²) >= 11 is 1.48. The predicted molar refractivity (Wildman–Crippen MR) is 64.9 cm³/mol. The molecule has 0 spiro atoms. The third-order valence-corrected chi connectivity index (χ3v) is 3.16. The van der Waals surface area contributed by atoms with Crippen LogP contribution in [0.25, 0.3) is 0 Å². The second-order valence-electron chi connectivity index (χ2n) is 3.59. The van der Waals surface area contributed by atoms with E-state index in [1.165, 1.54) is 17.4 Å². The van der Waals surface area contributed by atoms with Gasteiger partial charge in [-0.05, 0) is 13.0 Å². The summed E-state index contributed by atoms with van der Waals surface area (Å²) in [5.74, 6) is -1.42. The molecule has 1 aromatic heterocycles. The highest BCUT2D eigenvalue weighted by Gasteiger charge is 2.08. The quantitative estimate of drug-likeness (QED) is 0.829. The van der Waals surface area contributed by atoms with Crippen LogP contribution in [-0.2, 0) is 6.54 Å². The van der Waals surface area contributed by atoms with Crippen LogP contribution < -0.4 is 11.1 Å². The van der Waals surface area contributed by atoms with Crippen molar-refractivity contribution in [3.05, 3.63) is 39.8 Å². The third kappa shape index (κ3) is 2.71. The first-order valence-corrected chi connectivity index (χ1v) is 5.83. The topological polar surface area (TPSA) is 50.9 Å². The van der Waals surface area contributed by atoms with E-state index in [4.69, 9.17) is 5.73 Å². The number of aromatic nitrogens is 1. The fraction of sp³-hybridized carbons (Fsp3) is 0.182. The van der Waals surface area contributed by atoms with E-state index >= 15 is 0 Å². The number of nitrogens with zero attached hydrogens (tertiary/aromatic N) is 1. The van der Waals surface area contributed by atoms with Gasteiger partial charge in [-0.3, -0.25) is 0 Å². The second-order valence-corrected chi connectivity index (χ2v) is 4.53. The Balaban J connectivity index is 2.14. The first-order chi connectivity index (χ1) is 8.06. The molecule has 0 unspecified atom stereocenters. The Morgan fingerprint density at radius 2 is 2.18 bits per heavy atom. The fourth-order valence-corrected chi connectivity index (χ4v) is 2.10. The summed E-state index contributed by atoms with van der Waals surface area (Å²) in [5, 5.41) is 5.62. The lowest BCUT2D eigenvalue weighted by Crippen LogP contribution is -2.04. The number of nitrogen functional groups attached to an aromatic ring is 1. The molecule has 90 valence electrons. The van der Waals surface area contributed by atoms with Crippen LogP contribution in [0.2, 0.25) is 0 Å². The van der Waals surface area contributed by atoms with Crippen molar-refractivity contribution < 1.29 is 8.78 Å². The van der Waals surface area contributed by atoms with Gasteiger partial charge in [-0.25, -0.2) is 13.8 Å². The molecule has 3 nitrogen and oxygen atoms in total. The smallest absolute Gasteiger partial charge is 0.151 e. The monoisotopic (exact) mass is 255 g/mol. The molecule has 0 saturated heterocycles. The number of hydrogen-bond acceptors (Lipinski definition) is 4. The highest BCUT2D eigenvalue weighted by molar-refractivity contribution is 7.09. The van der Waals surface area contributed by atoms with E-state index in [-0.39, 0.29) is 11.4 Å². The lowest BCUT2D eigenvalue weighted by molar-refractivity contribution is 0.587. The number of hydrogen-bond donors (Lipinski definition) is 2. The fourth-order valence-electron chi connectivity index (χ4n) is 1.39. The first-order valence-electron chi connectivity index (χ1n) is 4.95. The highest BCUT2D eigenvalue weighted by atomic mass is 32.1. The van der Waals surface area contributed by atoms with Gasteiger partial charge in [-0.2, -0.15) is 0 Å². The molecule has 2 rings (SSSR count). The van der Waals surface area contributed by atoms with E-state index < -0.39 is 11.6 Å². The molecule has 1 heterocycles. The zero-order chi connectivity index (χ0) is 12.4. The van der Waals surface area contributed by atoms with Crippen molar-refractivity contribution in [3.8, 4) is 0 Å². The summed E-state index contributed by atoms with van der Waals surface area (Å²) in [6.45, 7) is 2.28. The van der Waals surface area contributed by atoms with Crippen molar-refractivity contribution in [2.45, 2.75) is 13.5 Å². The summed E-state index contributed by atoms with van der Waals surface area (Å²) < 4.78 is 26.1. The number of nitrogens with one attached hydrogen (secondary N) is 1. The maximum absolute atomic E-state index is 13.2. The van der Waals surface area contributed by atoms with Crippen molar-refractivity contribution in [2.75, 3.05) is 11.1 Å². The van der Waals surface area contributed by atoms with Gasteiger partial charge in [0.25, 0.3) is 0 Å². The van der Waals surface area contributed by atoms with E-state index in [1.54, 1.807) is 0 Å². The van der Waals surface area contributed by atoms with E-state index in [2.05, 4.69) is 10.3 Å². The number of halogens is 2. The molecule has 0 atom stereocenters. The molecule has 0 amide bonds. The van der Waals surface area contributed by atoms with Gasteiger partial charge in [0.05, 0.1) is 17.9 Å². The third-order valence-electron chi connectivity index (χ3n) is 2.19. The first kappa shape index (κ1) is 11.8. The van der Waals surface area contributed by atoms with Gasteiger partial charge < -0.3 is 11.1 Å². The standard InChI is InChI=1S/C11H11F2N3S/c1-6-5-17-10(16-6)4-15-9-3-7(12)2-8(13)11(9)14/h2-3,5,15H,4,14H2,1H3. The minimum atomic E-state index is -0.761.